The van der Waals surface area contributed by atoms with Crippen molar-refractivity contribution in [3.63, 3.8) is 0 Å². The first kappa shape index (κ1) is 19.0. The van der Waals surface area contributed by atoms with E-state index in [9.17, 15) is 10.1 Å². The Morgan fingerprint density at radius 3 is 2.32 bits per heavy atom. The average molecular weight is 371 g/mol. The van der Waals surface area contributed by atoms with Crippen LogP contribution in [0.25, 0.3) is 11.8 Å². The predicted molar refractivity (Wildman–Crippen MR) is 110 cm³/mol. The Balaban J connectivity index is 1.91. The van der Waals surface area contributed by atoms with Gasteiger partial charge in [0, 0.05) is 22.8 Å². The van der Waals surface area contributed by atoms with Crippen molar-refractivity contribution in [1.82, 2.24) is 4.57 Å². The van der Waals surface area contributed by atoms with E-state index in [1.54, 1.807) is 13.2 Å². The fourth-order valence-electron chi connectivity index (χ4n) is 2.89. The van der Waals surface area contributed by atoms with Gasteiger partial charge in [0.25, 0.3) is 5.91 Å². The first-order chi connectivity index (χ1) is 13.5. The van der Waals surface area contributed by atoms with Gasteiger partial charge in [0.1, 0.15) is 17.4 Å². The molecule has 0 aliphatic heterocycles. The molecule has 1 amide bonds. The number of aryl methyl sites for hydroxylation is 2. The highest BCUT2D eigenvalue weighted by molar-refractivity contribution is 6.09. The van der Waals surface area contributed by atoms with Crippen LogP contribution in [0, 0.1) is 25.2 Å². The molecule has 0 atom stereocenters. The summed E-state index contributed by atoms with van der Waals surface area (Å²) in [4.78, 5) is 12.5. The third-order valence-corrected chi connectivity index (χ3v) is 4.40. The van der Waals surface area contributed by atoms with Crippen molar-refractivity contribution in [3.05, 3.63) is 83.2 Å². The number of ether oxygens (including phenoxy) is 1. The number of nitrogens with zero attached hydrogens (tertiary/aromatic N) is 2. The molecule has 3 rings (SSSR count). The lowest BCUT2D eigenvalue weighted by Gasteiger charge is -2.11. The molecule has 1 heterocycles. The molecule has 5 nitrogen and oxygen atoms in total. The summed E-state index contributed by atoms with van der Waals surface area (Å²) in [5.41, 5.74) is 4.45. The number of methoxy groups -OCH3 is 1. The molecular weight excluding hydrogens is 350 g/mol. The third-order valence-electron chi connectivity index (χ3n) is 4.40. The van der Waals surface area contributed by atoms with Gasteiger partial charge in [-0.15, -0.1) is 0 Å². The number of nitrogens with one attached hydrogen (secondary N) is 1. The number of aromatic nitrogens is 1. The zero-order valence-electron chi connectivity index (χ0n) is 16.1. The predicted octanol–water partition coefficient (Wildman–Crippen LogP) is 4.65. The van der Waals surface area contributed by atoms with E-state index in [1.165, 1.54) is 0 Å². The van der Waals surface area contributed by atoms with E-state index in [2.05, 4.69) is 5.32 Å². The molecule has 1 aromatic heterocycles. The average Bonchev–Trinajstić information content (AvgIpc) is 3.08. The number of carbonyl (C=O) groups excluding carboxylic acids is 1. The van der Waals surface area contributed by atoms with Crippen LogP contribution >= 0.6 is 0 Å². The first-order valence-electron chi connectivity index (χ1n) is 8.84. The van der Waals surface area contributed by atoms with Crippen molar-refractivity contribution >= 4 is 17.7 Å². The number of hydrogen-bond donors (Lipinski definition) is 1. The fourth-order valence-corrected chi connectivity index (χ4v) is 2.89. The molecule has 0 saturated carbocycles. The second-order valence-electron chi connectivity index (χ2n) is 6.42. The molecule has 140 valence electrons. The van der Waals surface area contributed by atoms with Crippen LogP contribution in [-0.2, 0) is 4.79 Å². The number of anilines is 1. The van der Waals surface area contributed by atoms with E-state index in [0.717, 1.165) is 28.4 Å². The Morgan fingerprint density at radius 2 is 1.71 bits per heavy atom. The van der Waals surface area contributed by atoms with Gasteiger partial charge in [0.15, 0.2) is 0 Å². The molecule has 0 bridgehead atoms. The van der Waals surface area contributed by atoms with Gasteiger partial charge in [-0.1, -0.05) is 17.7 Å². The Morgan fingerprint density at radius 1 is 1.04 bits per heavy atom. The molecule has 28 heavy (non-hydrogen) atoms. The van der Waals surface area contributed by atoms with E-state index >= 15 is 0 Å². The van der Waals surface area contributed by atoms with E-state index in [1.807, 2.05) is 85.1 Å². The standard InChI is InChI=1S/C23H21N3O2/c1-16-4-7-19(8-5-16)25-23(27)18(15-24)14-21-9-6-17(2)26(21)20-10-12-22(28-3)13-11-20/h4-14H,1-3H3,(H,25,27)/b18-14-. The van der Waals surface area contributed by atoms with Gasteiger partial charge in [-0.05, 0) is 68.5 Å². The summed E-state index contributed by atoms with van der Waals surface area (Å²) in [6.07, 6.45) is 1.60. The van der Waals surface area contributed by atoms with Gasteiger partial charge in [-0.25, -0.2) is 0 Å². The van der Waals surface area contributed by atoms with Crippen molar-refractivity contribution in [2.45, 2.75) is 13.8 Å². The maximum Gasteiger partial charge on any atom is 0.266 e. The molecule has 0 aliphatic rings. The van der Waals surface area contributed by atoms with E-state index < -0.39 is 5.91 Å². The van der Waals surface area contributed by atoms with Gasteiger partial charge in [-0.3, -0.25) is 4.79 Å². The van der Waals surface area contributed by atoms with Gasteiger partial charge >= 0.3 is 0 Å². The summed E-state index contributed by atoms with van der Waals surface area (Å²) in [6, 6.07) is 20.9. The Labute approximate surface area is 164 Å². The van der Waals surface area contributed by atoms with Crippen molar-refractivity contribution in [1.29, 1.82) is 5.26 Å². The number of rotatable bonds is 5. The minimum atomic E-state index is -0.438. The second-order valence-corrected chi connectivity index (χ2v) is 6.42. The zero-order chi connectivity index (χ0) is 20.1. The summed E-state index contributed by atoms with van der Waals surface area (Å²) in [6.45, 7) is 3.95. The molecule has 5 heteroatoms. The zero-order valence-corrected chi connectivity index (χ0v) is 16.1. The van der Waals surface area contributed by atoms with Crippen LogP contribution in [0.1, 0.15) is 17.0 Å². The van der Waals surface area contributed by atoms with Crippen LogP contribution in [-0.4, -0.2) is 17.6 Å². The molecule has 0 radical (unpaired) electrons. The van der Waals surface area contributed by atoms with Crippen LogP contribution in [0.3, 0.4) is 0 Å². The fraction of sp³-hybridized carbons (Fsp3) is 0.130. The van der Waals surface area contributed by atoms with E-state index in [0.29, 0.717) is 5.69 Å². The Hall–Kier alpha value is -3.78. The van der Waals surface area contributed by atoms with E-state index in [-0.39, 0.29) is 5.57 Å². The molecule has 0 saturated heterocycles. The highest BCUT2D eigenvalue weighted by Crippen LogP contribution is 2.22. The molecule has 2 aromatic carbocycles. The molecule has 0 fully saturated rings. The lowest BCUT2D eigenvalue weighted by atomic mass is 10.2. The van der Waals surface area contributed by atoms with Crippen LogP contribution < -0.4 is 10.1 Å². The monoisotopic (exact) mass is 371 g/mol. The number of benzene rings is 2. The number of hydrogen-bond acceptors (Lipinski definition) is 3. The minimum Gasteiger partial charge on any atom is -0.497 e. The Bertz CT molecular complexity index is 1050. The first-order valence-corrected chi connectivity index (χ1v) is 8.84. The van der Waals surface area contributed by atoms with Crippen molar-refractivity contribution < 1.29 is 9.53 Å². The van der Waals surface area contributed by atoms with Gasteiger partial charge in [0.05, 0.1) is 7.11 Å². The maximum absolute atomic E-state index is 12.5. The van der Waals surface area contributed by atoms with Crippen molar-refractivity contribution in [3.8, 4) is 17.5 Å². The normalized spacial score (nSPS) is 11.0. The van der Waals surface area contributed by atoms with Crippen LogP contribution in [0.5, 0.6) is 5.75 Å². The van der Waals surface area contributed by atoms with Gasteiger partial charge < -0.3 is 14.6 Å². The lowest BCUT2D eigenvalue weighted by molar-refractivity contribution is -0.112. The summed E-state index contributed by atoms with van der Waals surface area (Å²) in [5, 5.41) is 12.3. The highest BCUT2D eigenvalue weighted by Gasteiger charge is 2.13. The highest BCUT2D eigenvalue weighted by atomic mass is 16.5. The summed E-state index contributed by atoms with van der Waals surface area (Å²) in [5.74, 6) is 0.326. The summed E-state index contributed by atoms with van der Waals surface area (Å²) >= 11 is 0. The number of carbonyl (C=O) groups is 1. The molecule has 3 aromatic rings. The quantitative estimate of drug-likeness (QED) is 0.524. The smallest absolute Gasteiger partial charge is 0.266 e. The molecule has 0 spiro atoms. The van der Waals surface area contributed by atoms with E-state index in [4.69, 9.17) is 4.74 Å². The maximum atomic E-state index is 12.5. The summed E-state index contributed by atoms with van der Waals surface area (Å²) in [7, 11) is 1.62. The number of nitriles is 1. The van der Waals surface area contributed by atoms with Crippen molar-refractivity contribution in [2.75, 3.05) is 12.4 Å². The SMILES string of the molecule is COc1ccc(-n2c(C)ccc2/C=C(/C#N)C(=O)Nc2ccc(C)cc2)cc1. The van der Waals surface area contributed by atoms with Crippen LogP contribution in [0.4, 0.5) is 5.69 Å². The topological polar surface area (TPSA) is 67.0 Å². The third kappa shape index (κ3) is 4.13. The molecular formula is C23H21N3O2. The van der Waals surface area contributed by atoms with Crippen LogP contribution in [0.2, 0.25) is 0 Å². The van der Waals surface area contributed by atoms with Crippen molar-refractivity contribution in [2.24, 2.45) is 0 Å². The molecule has 0 aliphatic carbocycles. The molecule has 0 unspecified atom stereocenters. The molecule has 1 N–H and O–H groups in total. The van der Waals surface area contributed by atoms with Gasteiger partial charge in [0.2, 0.25) is 0 Å². The summed E-state index contributed by atoms with van der Waals surface area (Å²) < 4.78 is 7.19. The largest absolute Gasteiger partial charge is 0.497 e. The minimum absolute atomic E-state index is 0.0356. The Kier molecular flexibility index (Phi) is 5.61. The second kappa shape index (κ2) is 8.28. The number of amides is 1. The lowest BCUT2D eigenvalue weighted by Crippen LogP contribution is -2.13. The van der Waals surface area contributed by atoms with Gasteiger partial charge in [-0.2, -0.15) is 5.26 Å². The van der Waals surface area contributed by atoms with Crippen LogP contribution in [0.15, 0.2) is 66.2 Å².